The predicted molar refractivity (Wildman–Crippen MR) is 81.8 cm³/mol. The summed E-state index contributed by atoms with van der Waals surface area (Å²) in [7, 11) is 1.50. The van der Waals surface area contributed by atoms with E-state index >= 15 is 0 Å². The summed E-state index contributed by atoms with van der Waals surface area (Å²) in [6.07, 6.45) is 14.8. The Kier molecular flexibility index (Phi) is 6.28. The maximum atomic E-state index is 11.9. The summed E-state index contributed by atoms with van der Waals surface area (Å²) in [5, 5.41) is 0. The van der Waals surface area contributed by atoms with E-state index in [9.17, 15) is 4.79 Å². The zero-order valence-corrected chi connectivity index (χ0v) is 12.7. The molecule has 1 aliphatic heterocycles. The molecule has 112 valence electrons. The van der Waals surface area contributed by atoms with Crippen LogP contribution in [0.2, 0.25) is 0 Å². The highest BCUT2D eigenvalue weighted by Crippen LogP contribution is 2.27. The van der Waals surface area contributed by atoms with Gasteiger partial charge in [-0.1, -0.05) is 38.5 Å². The minimum atomic E-state index is -0.0496. The first kappa shape index (κ1) is 15.3. The van der Waals surface area contributed by atoms with Gasteiger partial charge in [0.05, 0.1) is 13.0 Å². The molecule has 1 unspecified atom stereocenters. The Labute approximate surface area is 122 Å². The van der Waals surface area contributed by atoms with Crippen molar-refractivity contribution in [2.24, 2.45) is 10.9 Å². The smallest absolute Gasteiger partial charge is 0.308 e. The standard InChI is InChI=1S/C17H27NO2/c1-20-17(19)15-9-7-5-3-2-4-6-8-10-16-12-14(11-15)13-18-16/h13,15H,2-12H2,1H3. The molecule has 0 aromatic carbocycles. The van der Waals surface area contributed by atoms with Crippen molar-refractivity contribution in [3.8, 4) is 0 Å². The quantitative estimate of drug-likeness (QED) is 0.665. The first-order valence-electron chi connectivity index (χ1n) is 8.11. The fourth-order valence-electron chi connectivity index (χ4n) is 3.20. The van der Waals surface area contributed by atoms with Gasteiger partial charge in [-0.2, -0.15) is 0 Å². The molecule has 0 N–H and O–H groups in total. The van der Waals surface area contributed by atoms with Gasteiger partial charge in [0.2, 0.25) is 0 Å². The van der Waals surface area contributed by atoms with Gasteiger partial charge in [0.15, 0.2) is 0 Å². The van der Waals surface area contributed by atoms with Crippen molar-refractivity contribution in [3.05, 3.63) is 11.8 Å². The van der Waals surface area contributed by atoms with Crippen molar-refractivity contribution < 1.29 is 9.53 Å². The lowest BCUT2D eigenvalue weighted by atomic mass is 9.91. The third-order valence-electron chi connectivity index (χ3n) is 4.42. The number of rotatable bonds is 1. The Morgan fingerprint density at radius 2 is 1.85 bits per heavy atom. The van der Waals surface area contributed by atoms with Crippen molar-refractivity contribution >= 4 is 11.7 Å². The van der Waals surface area contributed by atoms with Gasteiger partial charge in [-0.25, -0.2) is 0 Å². The third-order valence-corrected chi connectivity index (χ3v) is 4.42. The number of ether oxygens (including phenoxy) is 1. The Balaban J connectivity index is 1.93. The van der Waals surface area contributed by atoms with Crippen LogP contribution in [0, 0.1) is 5.92 Å². The molecular formula is C17H27NO2. The largest absolute Gasteiger partial charge is 0.469 e. The van der Waals surface area contributed by atoms with Crippen LogP contribution in [0.3, 0.4) is 0 Å². The maximum Gasteiger partial charge on any atom is 0.308 e. The Bertz CT molecular complexity index is 384. The van der Waals surface area contributed by atoms with E-state index in [2.05, 4.69) is 4.99 Å². The Morgan fingerprint density at radius 3 is 2.60 bits per heavy atom. The molecule has 2 aliphatic rings. The number of allylic oxidation sites excluding steroid dienone is 1. The molecular weight excluding hydrogens is 250 g/mol. The lowest BCUT2D eigenvalue weighted by Gasteiger charge is -2.15. The van der Waals surface area contributed by atoms with Crippen LogP contribution in [0.15, 0.2) is 16.8 Å². The topological polar surface area (TPSA) is 38.7 Å². The molecule has 1 heterocycles. The SMILES string of the molecule is COC(=O)C1CCCCCCCCCC2=NC=C(C2)C1. The number of esters is 1. The van der Waals surface area contributed by atoms with Crippen molar-refractivity contribution in [2.45, 2.75) is 70.6 Å². The minimum absolute atomic E-state index is 0.0312. The average Bonchev–Trinajstić information content (AvgIpc) is 2.90. The van der Waals surface area contributed by atoms with Crippen LogP contribution >= 0.6 is 0 Å². The fraction of sp³-hybridized carbons (Fsp3) is 0.765. The monoisotopic (exact) mass is 277 g/mol. The van der Waals surface area contributed by atoms with E-state index < -0.39 is 0 Å². The molecule has 2 rings (SSSR count). The molecule has 1 atom stereocenters. The van der Waals surface area contributed by atoms with Gasteiger partial charge < -0.3 is 4.74 Å². The average molecular weight is 277 g/mol. The van der Waals surface area contributed by atoms with Gasteiger partial charge >= 0.3 is 5.97 Å². The molecule has 1 aliphatic carbocycles. The fourth-order valence-corrected chi connectivity index (χ4v) is 3.20. The van der Waals surface area contributed by atoms with Crippen LogP contribution < -0.4 is 0 Å². The summed E-state index contributed by atoms with van der Waals surface area (Å²) in [6, 6.07) is 0. The summed E-state index contributed by atoms with van der Waals surface area (Å²) in [5.41, 5.74) is 2.62. The summed E-state index contributed by atoms with van der Waals surface area (Å²) in [6.45, 7) is 0. The second kappa shape index (κ2) is 8.23. The lowest BCUT2D eigenvalue weighted by molar-refractivity contribution is -0.145. The van der Waals surface area contributed by atoms with Gasteiger partial charge in [-0.05, 0) is 31.3 Å². The first-order chi connectivity index (χ1) is 9.79. The van der Waals surface area contributed by atoms with Crippen LogP contribution in [-0.2, 0) is 9.53 Å². The number of hydrogen-bond donors (Lipinski definition) is 0. The van der Waals surface area contributed by atoms with Crippen molar-refractivity contribution in [2.75, 3.05) is 7.11 Å². The minimum Gasteiger partial charge on any atom is -0.469 e. The zero-order valence-electron chi connectivity index (χ0n) is 12.7. The molecule has 20 heavy (non-hydrogen) atoms. The zero-order chi connectivity index (χ0) is 14.2. The van der Waals surface area contributed by atoms with E-state index in [1.54, 1.807) is 0 Å². The predicted octanol–water partition coefficient (Wildman–Crippen LogP) is 4.42. The van der Waals surface area contributed by atoms with E-state index in [-0.39, 0.29) is 11.9 Å². The lowest BCUT2D eigenvalue weighted by Crippen LogP contribution is -2.17. The molecule has 2 bridgehead atoms. The van der Waals surface area contributed by atoms with Crippen molar-refractivity contribution in [1.29, 1.82) is 0 Å². The summed E-state index contributed by atoms with van der Waals surface area (Å²) >= 11 is 0. The molecule has 3 heteroatoms. The summed E-state index contributed by atoms with van der Waals surface area (Å²) in [4.78, 5) is 16.4. The molecule has 0 amide bonds. The summed E-state index contributed by atoms with van der Waals surface area (Å²) in [5.74, 6) is -0.0183. The van der Waals surface area contributed by atoms with Crippen LogP contribution in [0.1, 0.15) is 70.6 Å². The van der Waals surface area contributed by atoms with Gasteiger partial charge in [-0.3, -0.25) is 9.79 Å². The first-order valence-corrected chi connectivity index (χ1v) is 8.11. The van der Waals surface area contributed by atoms with E-state index in [0.29, 0.717) is 0 Å². The molecule has 0 radical (unpaired) electrons. The molecule has 0 aromatic heterocycles. The van der Waals surface area contributed by atoms with E-state index in [4.69, 9.17) is 4.74 Å². The highest BCUT2D eigenvalue weighted by atomic mass is 16.5. The third kappa shape index (κ3) is 4.77. The van der Waals surface area contributed by atoms with Gasteiger partial charge in [-0.15, -0.1) is 0 Å². The second-order valence-electron chi connectivity index (χ2n) is 6.10. The molecule has 1 saturated carbocycles. The number of carbonyl (C=O) groups excluding carboxylic acids is 1. The molecule has 3 nitrogen and oxygen atoms in total. The number of nitrogens with zero attached hydrogens (tertiary/aromatic N) is 1. The molecule has 0 saturated heterocycles. The molecule has 0 spiro atoms. The van der Waals surface area contributed by atoms with E-state index in [1.165, 1.54) is 56.9 Å². The molecule has 0 aromatic rings. The molecule has 1 fully saturated rings. The van der Waals surface area contributed by atoms with E-state index in [1.807, 2.05) is 6.20 Å². The highest BCUT2D eigenvalue weighted by Gasteiger charge is 2.22. The second-order valence-corrected chi connectivity index (χ2v) is 6.10. The normalized spacial score (nSPS) is 25.4. The van der Waals surface area contributed by atoms with Gasteiger partial charge in [0.25, 0.3) is 0 Å². The van der Waals surface area contributed by atoms with Crippen LogP contribution in [0.4, 0.5) is 0 Å². The highest BCUT2D eigenvalue weighted by molar-refractivity contribution is 5.89. The van der Waals surface area contributed by atoms with Crippen LogP contribution in [-0.4, -0.2) is 18.8 Å². The Morgan fingerprint density at radius 1 is 1.15 bits per heavy atom. The number of fused-ring (bicyclic) bond motifs is 2. The van der Waals surface area contributed by atoms with Crippen LogP contribution in [0.5, 0.6) is 0 Å². The summed E-state index contributed by atoms with van der Waals surface area (Å²) < 4.78 is 4.96. The Hall–Kier alpha value is -1.12. The number of methoxy groups -OCH3 is 1. The maximum absolute atomic E-state index is 11.9. The van der Waals surface area contributed by atoms with Crippen LogP contribution in [0.25, 0.3) is 0 Å². The van der Waals surface area contributed by atoms with Gasteiger partial charge in [0.1, 0.15) is 0 Å². The van der Waals surface area contributed by atoms with Crippen molar-refractivity contribution in [1.82, 2.24) is 0 Å². The van der Waals surface area contributed by atoms with Gasteiger partial charge in [0, 0.05) is 18.3 Å². The van der Waals surface area contributed by atoms with Crippen molar-refractivity contribution in [3.63, 3.8) is 0 Å². The van der Waals surface area contributed by atoms with E-state index in [0.717, 1.165) is 32.1 Å². The number of carbonyl (C=O) groups is 1. The number of hydrogen-bond acceptors (Lipinski definition) is 3. The number of aliphatic imine (C=N–C) groups is 1.